The molecule has 0 bridgehead atoms. The van der Waals surface area contributed by atoms with E-state index in [1.165, 1.54) is 6.07 Å². The second kappa shape index (κ2) is 7.19. The van der Waals surface area contributed by atoms with Crippen LogP contribution >= 0.6 is 0 Å². The third-order valence-corrected chi connectivity index (χ3v) is 2.68. The molecule has 0 saturated heterocycles. The summed E-state index contributed by atoms with van der Waals surface area (Å²) in [5.41, 5.74) is 0.274. The average molecular weight is 271 g/mol. The van der Waals surface area contributed by atoms with E-state index >= 15 is 0 Å². The Bertz CT molecular complexity index is 435. The van der Waals surface area contributed by atoms with Crippen LogP contribution < -0.4 is 5.32 Å². The summed E-state index contributed by atoms with van der Waals surface area (Å²) in [5, 5.41) is 12.5. The quantitative estimate of drug-likeness (QED) is 0.835. The molecule has 1 amide bonds. The molecule has 1 rings (SSSR count). The number of hydrogen-bond acceptors (Lipinski definition) is 2. The van der Waals surface area contributed by atoms with Crippen LogP contribution in [0.25, 0.3) is 0 Å². The van der Waals surface area contributed by atoms with Crippen molar-refractivity contribution in [3.05, 3.63) is 35.4 Å². The zero-order valence-corrected chi connectivity index (χ0v) is 11.1. The summed E-state index contributed by atoms with van der Waals surface area (Å²) < 4.78 is 25.7. The zero-order chi connectivity index (χ0) is 14.4. The van der Waals surface area contributed by atoms with Gasteiger partial charge in [-0.05, 0) is 30.0 Å². The van der Waals surface area contributed by atoms with E-state index in [1.807, 2.05) is 13.8 Å². The molecule has 19 heavy (non-hydrogen) atoms. The van der Waals surface area contributed by atoms with Crippen LogP contribution in [-0.4, -0.2) is 17.6 Å². The molecule has 0 heterocycles. The molecule has 106 valence electrons. The number of halogens is 2. The number of aliphatic hydroxyl groups excluding tert-OH is 1. The number of carbonyl (C=O) groups is 1. The maximum atomic E-state index is 13.0. The Morgan fingerprint density at radius 2 is 2.00 bits per heavy atom. The predicted molar refractivity (Wildman–Crippen MR) is 68.4 cm³/mol. The van der Waals surface area contributed by atoms with E-state index in [9.17, 15) is 18.7 Å². The van der Waals surface area contributed by atoms with Gasteiger partial charge in [-0.1, -0.05) is 19.9 Å². The molecular formula is C14H19F2NO2. The summed E-state index contributed by atoms with van der Waals surface area (Å²) in [6.45, 7) is 4.55. The Hall–Kier alpha value is -1.49. The first kappa shape index (κ1) is 15.6. The minimum atomic E-state index is -0.999. The van der Waals surface area contributed by atoms with Crippen LogP contribution in [0.1, 0.15) is 38.4 Å². The first-order valence-corrected chi connectivity index (χ1v) is 6.30. The first-order chi connectivity index (χ1) is 8.90. The van der Waals surface area contributed by atoms with Crippen molar-refractivity contribution in [3.8, 4) is 0 Å². The lowest BCUT2D eigenvalue weighted by Crippen LogP contribution is -2.27. The van der Waals surface area contributed by atoms with Gasteiger partial charge in [-0.25, -0.2) is 8.78 Å². The highest BCUT2D eigenvalue weighted by Crippen LogP contribution is 2.20. The molecule has 1 aromatic carbocycles. The van der Waals surface area contributed by atoms with Crippen molar-refractivity contribution >= 4 is 5.91 Å². The summed E-state index contributed by atoms with van der Waals surface area (Å²) in [4.78, 5) is 11.4. The molecule has 3 nitrogen and oxygen atoms in total. The van der Waals surface area contributed by atoms with E-state index in [2.05, 4.69) is 5.32 Å². The standard InChI is InChI=1S/C14H19F2NO2/c1-9(2)8-17-14(19)6-5-13(18)10-3-4-11(15)12(16)7-10/h3-4,7,9,13,18H,5-6,8H2,1-2H3,(H,17,19). The van der Waals surface area contributed by atoms with Gasteiger partial charge in [0.05, 0.1) is 6.10 Å². The van der Waals surface area contributed by atoms with Crippen molar-refractivity contribution in [1.82, 2.24) is 5.32 Å². The molecule has 1 unspecified atom stereocenters. The Morgan fingerprint density at radius 3 is 2.58 bits per heavy atom. The van der Waals surface area contributed by atoms with E-state index < -0.39 is 17.7 Å². The fraction of sp³-hybridized carbons (Fsp3) is 0.500. The van der Waals surface area contributed by atoms with Crippen LogP contribution in [0.3, 0.4) is 0 Å². The Balaban J connectivity index is 2.44. The monoisotopic (exact) mass is 271 g/mol. The highest BCUT2D eigenvalue weighted by molar-refractivity contribution is 5.75. The largest absolute Gasteiger partial charge is 0.388 e. The number of benzene rings is 1. The lowest BCUT2D eigenvalue weighted by Gasteiger charge is -2.12. The van der Waals surface area contributed by atoms with Gasteiger partial charge in [-0.3, -0.25) is 4.79 Å². The molecule has 0 radical (unpaired) electrons. The maximum Gasteiger partial charge on any atom is 0.220 e. The average Bonchev–Trinajstić information content (AvgIpc) is 2.36. The first-order valence-electron chi connectivity index (χ1n) is 6.30. The lowest BCUT2D eigenvalue weighted by molar-refractivity contribution is -0.121. The van der Waals surface area contributed by atoms with Crippen molar-refractivity contribution in [2.45, 2.75) is 32.8 Å². The molecule has 0 saturated carbocycles. The molecule has 1 atom stereocenters. The Labute approximate surface area is 111 Å². The van der Waals surface area contributed by atoms with E-state index in [4.69, 9.17) is 0 Å². The summed E-state index contributed by atoms with van der Waals surface area (Å²) >= 11 is 0. The molecule has 1 aromatic rings. The van der Waals surface area contributed by atoms with Gasteiger partial charge < -0.3 is 10.4 Å². The molecule has 0 fully saturated rings. The fourth-order valence-electron chi connectivity index (χ4n) is 1.56. The molecule has 0 aliphatic rings. The zero-order valence-electron chi connectivity index (χ0n) is 11.1. The van der Waals surface area contributed by atoms with Gasteiger partial charge in [-0.2, -0.15) is 0 Å². The second-order valence-electron chi connectivity index (χ2n) is 4.93. The Kier molecular flexibility index (Phi) is 5.89. The van der Waals surface area contributed by atoms with Gasteiger partial charge in [0.15, 0.2) is 11.6 Å². The molecule has 5 heteroatoms. The molecular weight excluding hydrogens is 252 g/mol. The SMILES string of the molecule is CC(C)CNC(=O)CCC(O)c1ccc(F)c(F)c1. The summed E-state index contributed by atoms with van der Waals surface area (Å²) in [7, 11) is 0. The summed E-state index contributed by atoms with van der Waals surface area (Å²) in [6, 6.07) is 3.23. The van der Waals surface area contributed by atoms with Crippen LogP contribution in [0.15, 0.2) is 18.2 Å². The minimum absolute atomic E-state index is 0.146. The highest BCUT2D eigenvalue weighted by atomic mass is 19.2. The molecule has 0 spiro atoms. The van der Waals surface area contributed by atoms with E-state index in [-0.39, 0.29) is 24.3 Å². The van der Waals surface area contributed by atoms with Crippen LogP contribution in [0.4, 0.5) is 8.78 Å². The van der Waals surface area contributed by atoms with Gasteiger partial charge >= 0.3 is 0 Å². The van der Waals surface area contributed by atoms with Gasteiger partial charge in [0.25, 0.3) is 0 Å². The number of rotatable bonds is 6. The van der Waals surface area contributed by atoms with E-state index in [1.54, 1.807) is 0 Å². The van der Waals surface area contributed by atoms with Gasteiger partial charge in [0, 0.05) is 13.0 Å². The minimum Gasteiger partial charge on any atom is -0.388 e. The summed E-state index contributed by atoms with van der Waals surface area (Å²) in [6.07, 6.45) is -0.651. The number of hydrogen-bond donors (Lipinski definition) is 2. The molecule has 0 aromatic heterocycles. The summed E-state index contributed by atoms with van der Waals surface area (Å²) in [5.74, 6) is -1.75. The molecule has 0 aliphatic heterocycles. The highest BCUT2D eigenvalue weighted by Gasteiger charge is 2.13. The van der Waals surface area contributed by atoms with Crippen LogP contribution in [0, 0.1) is 17.6 Å². The van der Waals surface area contributed by atoms with Gasteiger partial charge in [-0.15, -0.1) is 0 Å². The van der Waals surface area contributed by atoms with Crippen LogP contribution in [-0.2, 0) is 4.79 Å². The van der Waals surface area contributed by atoms with Crippen molar-refractivity contribution in [3.63, 3.8) is 0 Å². The van der Waals surface area contributed by atoms with Crippen LogP contribution in [0.5, 0.6) is 0 Å². The normalized spacial score (nSPS) is 12.5. The predicted octanol–water partition coefficient (Wildman–Crippen LogP) is 2.55. The van der Waals surface area contributed by atoms with E-state index in [0.29, 0.717) is 12.5 Å². The number of nitrogens with one attached hydrogen (secondary N) is 1. The van der Waals surface area contributed by atoms with Gasteiger partial charge in [0.1, 0.15) is 0 Å². The Morgan fingerprint density at radius 1 is 1.32 bits per heavy atom. The maximum absolute atomic E-state index is 13.0. The van der Waals surface area contributed by atoms with Crippen molar-refractivity contribution in [2.75, 3.05) is 6.54 Å². The lowest BCUT2D eigenvalue weighted by atomic mass is 10.0. The van der Waals surface area contributed by atoms with Gasteiger partial charge in [0.2, 0.25) is 5.91 Å². The number of aliphatic hydroxyl groups is 1. The van der Waals surface area contributed by atoms with E-state index in [0.717, 1.165) is 12.1 Å². The topological polar surface area (TPSA) is 49.3 Å². The van der Waals surface area contributed by atoms with Crippen molar-refractivity contribution < 1.29 is 18.7 Å². The molecule has 0 aliphatic carbocycles. The molecule has 2 N–H and O–H groups in total. The number of amides is 1. The second-order valence-corrected chi connectivity index (χ2v) is 4.93. The third-order valence-electron chi connectivity index (χ3n) is 2.68. The van der Waals surface area contributed by atoms with Crippen molar-refractivity contribution in [2.24, 2.45) is 5.92 Å². The fourth-order valence-corrected chi connectivity index (χ4v) is 1.56. The third kappa shape index (κ3) is 5.34. The number of carbonyl (C=O) groups excluding carboxylic acids is 1. The van der Waals surface area contributed by atoms with Crippen molar-refractivity contribution in [1.29, 1.82) is 0 Å². The van der Waals surface area contributed by atoms with Crippen LogP contribution in [0.2, 0.25) is 0 Å². The smallest absolute Gasteiger partial charge is 0.220 e.